The van der Waals surface area contributed by atoms with Crippen molar-refractivity contribution in [2.24, 2.45) is 5.41 Å². The summed E-state index contributed by atoms with van der Waals surface area (Å²) in [7, 11) is 0. The molecule has 4 bridgehead atoms. The molecule has 0 amide bonds. The fourth-order valence-electron chi connectivity index (χ4n) is 8.76. The minimum absolute atomic E-state index is 0.000220. The number of hydrogen-bond acceptors (Lipinski definition) is 9. The number of nitrogens with zero attached hydrogens (tertiary/aromatic N) is 4. The number of phenolic OH excluding ortho intramolecular Hbond substituents is 1. The third-order valence-electron chi connectivity index (χ3n) is 11.4. The Balaban J connectivity index is 1.19. The predicted octanol–water partition coefficient (Wildman–Crippen LogP) is 6.99. The summed E-state index contributed by atoms with van der Waals surface area (Å²) in [5.41, 5.74) is -6.12. The van der Waals surface area contributed by atoms with Gasteiger partial charge < -0.3 is 24.8 Å². The van der Waals surface area contributed by atoms with Crippen molar-refractivity contribution in [3.05, 3.63) is 47.5 Å². The number of ether oxygens (including phenoxy) is 2. The molecule has 4 atom stereocenters. The Labute approximate surface area is 301 Å². The molecule has 14 heteroatoms. The molecular formula is C38H36F5N5O3S. The second kappa shape index (κ2) is 12.6. The summed E-state index contributed by atoms with van der Waals surface area (Å²) in [5.74, 6) is 0.316. The third-order valence-corrected chi connectivity index (χ3v) is 12.2. The van der Waals surface area contributed by atoms with Crippen LogP contribution in [-0.4, -0.2) is 89.1 Å². The van der Waals surface area contributed by atoms with E-state index in [0.29, 0.717) is 37.6 Å². The number of rotatable bonds is 8. The van der Waals surface area contributed by atoms with Gasteiger partial charge in [-0.15, -0.1) is 6.42 Å². The quantitative estimate of drug-likeness (QED) is 0.113. The van der Waals surface area contributed by atoms with E-state index in [1.165, 1.54) is 18.2 Å². The van der Waals surface area contributed by atoms with E-state index in [4.69, 9.17) is 20.9 Å². The van der Waals surface area contributed by atoms with E-state index in [-0.39, 0.29) is 62.1 Å². The number of anilines is 1. The molecule has 0 radical (unpaired) electrons. The van der Waals surface area contributed by atoms with Gasteiger partial charge in [-0.2, -0.15) is 23.1 Å². The fraction of sp³-hybridized carbons (Fsp3) is 0.474. The van der Waals surface area contributed by atoms with E-state index in [1.807, 2.05) is 4.90 Å². The van der Waals surface area contributed by atoms with Crippen molar-refractivity contribution in [2.45, 2.75) is 73.1 Å². The average molecular weight is 738 g/mol. The van der Waals surface area contributed by atoms with Crippen molar-refractivity contribution in [1.82, 2.24) is 20.2 Å². The van der Waals surface area contributed by atoms with Crippen LogP contribution in [0.15, 0.2) is 35.2 Å². The molecule has 5 aliphatic rings. The van der Waals surface area contributed by atoms with Gasteiger partial charge in [0.05, 0.1) is 25.4 Å². The lowest BCUT2D eigenvalue weighted by Crippen LogP contribution is -2.51. The smallest absolute Gasteiger partial charge is 0.446 e. The number of thioether (sulfide) groups is 1. The zero-order valence-electron chi connectivity index (χ0n) is 28.1. The molecule has 5 heterocycles. The van der Waals surface area contributed by atoms with E-state index in [0.717, 1.165) is 70.4 Å². The Kier molecular flexibility index (Phi) is 8.22. The second-order valence-corrected chi connectivity index (χ2v) is 16.0. The van der Waals surface area contributed by atoms with Crippen molar-refractivity contribution in [1.29, 1.82) is 0 Å². The Morgan fingerprint density at radius 2 is 1.77 bits per heavy atom. The molecule has 8 nitrogen and oxygen atoms in total. The van der Waals surface area contributed by atoms with Crippen LogP contribution in [0, 0.1) is 29.4 Å². The molecule has 4 aromatic rings. The summed E-state index contributed by atoms with van der Waals surface area (Å²) in [5, 5.41) is 14.6. The summed E-state index contributed by atoms with van der Waals surface area (Å²) >= 11 is -0.498. The highest BCUT2D eigenvalue weighted by atomic mass is 32.2. The number of nitrogens with one attached hydrogen (secondary N) is 1. The molecule has 1 saturated carbocycles. The van der Waals surface area contributed by atoms with Crippen LogP contribution in [0.5, 0.6) is 11.8 Å². The summed E-state index contributed by atoms with van der Waals surface area (Å²) in [4.78, 5) is 13.3. The van der Waals surface area contributed by atoms with Gasteiger partial charge in [-0.05, 0) is 85.5 Å². The van der Waals surface area contributed by atoms with E-state index < -0.39 is 39.4 Å². The van der Waals surface area contributed by atoms with Crippen LogP contribution in [-0.2, 0) is 4.74 Å². The van der Waals surface area contributed by atoms with E-state index in [9.17, 15) is 18.3 Å². The maximum absolute atomic E-state index is 17.4. The summed E-state index contributed by atoms with van der Waals surface area (Å²) in [6.45, 7) is 3.65. The zero-order chi connectivity index (χ0) is 35.9. The normalized spacial score (nSPS) is 25.2. The van der Waals surface area contributed by atoms with Gasteiger partial charge in [-0.3, -0.25) is 4.90 Å². The lowest BCUT2D eigenvalue weighted by Gasteiger charge is -2.37. The van der Waals surface area contributed by atoms with Crippen LogP contribution in [0.1, 0.15) is 44.1 Å². The lowest BCUT2D eigenvalue weighted by atomic mass is 9.93. The minimum atomic E-state index is -4.82. The highest BCUT2D eigenvalue weighted by Gasteiger charge is 2.49. The largest absolute Gasteiger partial charge is 0.508 e. The number of phenols is 1. The molecule has 2 N–H and O–H groups in total. The first-order chi connectivity index (χ1) is 25.0. The Morgan fingerprint density at radius 1 is 1.04 bits per heavy atom. The number of fused-ring (bicyclic) bond motifs is 6. The lowest BCUT2D eigenvalue weighted by molar-refractivity contribution is -0.0328. The molecule has 272 valence electrons. The number of halogens is 5. The fourth-order valence-corrected chi connectivity index (χ4v) is 9.49. The van der Waals surface area contributed by atoms with Crippen molar-refractivity contribution in [3.63, 3.8) is 0 Å². The number of benzene rings is 3. The second-order valence-electron chi connectivity index (χ2n) is 14.9. The van der Waals surface area contributed by atoms with Crippen LogP contribution in [0.2, 0.25) is 0 Å². The molecule has 5 fully saturated rings. The summed E-state index contributed by atoms with van der Waals surface area (Å²) in [6, 6.07) is 7.09. The van der Waals surface area contributed by atoms with Gasteiger partial charge >= 0.3 is 11.5 Å². The first-order valence-corrected chi connectivity index (χ1v) is 18.5. The minimum Gasteiger partial charge on any atom is -0.508 e. The Morgan fingerprint density at radius 3 is 2.44 bits per heavy atom. The monoisotopic (exact) mass is 737 g/mol. The topological polar surface area (TPSA) is 83.0 Å². The Bertz CT molecular complexity index is 2110. The number of piperazine rings is 1. The molecule has 4 unspecified atom stereocenters. The molecule has 4 aliphatic heterocycles. The van der Waals surface area contributed by atoms with Gasteiger partial charge in [0, 0.05) is 70.4 Å². The Hall–Kier alpha value is -3.90. The van der Waals surface area contributed by atoms with Crippen molar-refractivity contribution in [2.75, 3.05) is 44.4 Å². The molecule has 52 heavy (non-hydrogen) atoms. The number of aromatic hydroxyl groups is 1. The van der Waals surface area contributed by atoms with Crippen LogP contribution in [0.25, 0.3) is 32.8 Å². The van der Waals surface area contributed by atoms with Crippen LogP contribution < -0.4 is 15.0 Å². The number of terminal acetylenes is 1. The summed E-state index contributed by atoms with van der Waals surface area (Å²) < 4.78 is 87.3. The van der Waals surface area contributed by atoms with Gasteiger partial charge in [0.2, 0.25) is 0 Å². The highest BCUT2D eigenvalue weighted by Crippen LogP contribution is 2.51. The molecule has 1 aliphatic carbocycles. The molecule has 0 spiro atoms. The van der Waals surface area contributed by atoms with Gasteiger partial charge in [0.25, 0.3) is 0 Å². The standard InChI is InChI=1S/C38H36F5N5O3S/c1-2-26-29(39)8-3-20-11-25(49)12-27(31(20)26)32-30(52-38(41,42)43)13-28-34(33(32)40)45-36(46-35(28)47-14-21-4-5-22(15-47)44-21)51-19-37(9-10-37)18-48-23-6-7-24(48)17-50-16-23/h1,3,8,11-13,21-24,44,49H,4-7,9-10,14-19H2. The number of morpholine rings is 1. The molecule has 9 rings (SSSR count). The maximum Gasteiger partial charge on any atom is 0.446 e. The van der Waals surface area contributed by atoms with Gasteiger partial charge in [0.15, 0.2) is 5.82 Å². The first kappa shape index (κ1) is 33.9. The maximum atomic E-state index is 17.4. The van der Waals surface area contributed by atoms with Crippen molar-refractivity contribution in [3.8, 4) is 35.2 Å². The van der Waals surface area contributed by atoms with Crippen molar-refractivity contribution < 1.29 is 36.5 Å². The van der Waals surface area contributed by atoms with Crippen molar-refractivity contribution >= 4 is 39.3 Å². The molecule has 3 aromatic carbocycles. The molecule has 1 aromatic heterocycles. The zero-order valence-corrected chi connectivity index (χ0v) is 28.9. The van der Waals surface area contributed by atoms with Crippen LogP contribution >= 0.6 is 11.8 Å². The SMILES string of the molecule is C#Cc1c(F)ccc2cc(O)cc(-c3c(SC(F)(F)F)cc4c(N5CC6CCC(C5)N6)nc(OCC5(CN6C7CCC6COC7)CC5)nc4c3F)c12. The van der Waals surface area contributed by atoms with E-state index in [2.05, 4.69) is 21.1 Å². The molecular weight excluding hydrogens is 702 g/mol. The first-order valence-electron chi connectivity index (χ1n) is 17.7. The third kappa shape index (κ3) is 6.09. The average Bonchev–Trinajstić information content (AvgIpc) is 3.74. The number of hydrogen-bond donors (Lipinski definition) is 2. The van der Waals surface area contributed by atoms with Crippen LogP contribution in [0.3, 0.4) is 0 Å². The van der Waals surface area contributed by atoms with Gasteiger partial charge in [-0.25, -0.2) is 8.78 Å². The summed E-state index contributed by atoms with van der Waals surface area (Å²) in [6.07, 6.45) is 11.7. The highest BCUT2D eigenvalue weighted by molar-refractivity contribution is 8.00. The van der Waals surface area contributed by atoms with E-state index in [1.54, 1.807) is 0 Å². The molecule has 4 saturated heterocycles. The van der Waals surface area contributed by atoms with E-state index >= 15 is 8.78 Å². The van der Waals surface area contributed by atoms with Crippen LogP contribution in [0.4, 0.5) is 27.8 Å². The number of aromatic nitrogens is 2. The van der Waals surface area contributed by atoms with Gasteiger partial charge in [0.1, 0.15) is 22.9 Å². The predicted molar refractivity (Wildman–Crippen MR) is 188 cm³/mol. The number of alkyl halides is 3. The van der Waals surface area contributed by atoms with Gasteiger partial charge in [-0.1, -0.05) is 12.0 Å².